The Kier molecular flexibility index (Phi) is 6.35. The van der Waals surface area contributed by atoms with Crippen molar-refractivity contribution in [2.45, 2.75) is 37.2 Å². The molecule has 0 radical (unpaired) electrons. The first-order valence-corrected chi connectivity index (χ1v) is 13.5. The van der Waals surface area contributed by atoms with Crippen molar-refractivity contribution in [2.75, 3.05) is 18.6 Å². The minimum Gasteiger partial charge on any atom is -0.497 e. The summed E-state index contributed by atoms with van der Waals surface area (Å²) in [4.78, 5) is 20.4. The fraction of sp³-hybridized carbons (Fsp3) is 0.280. The van der Waals surface area contributed by atoms with Crippen LogP contribution in [0.4, 0.5) is 5.13 Å². The van der Waals surface area contributed by atoms with Gasteiger partial charge in [-0.05, 0) is 67.8 Å². The van der Waals surface area contributed by atoms with Crippen LogP contribution in [-0.2, 0) is 21.4 Å². The zero-order valence-corrected chi connectivity index (χ0v) is 21.0. The maximum Gasteiger partial charge on any atom is 0.247 e. The van der Waals surface area contributed by atoms with E-state index >= 15 is 0 Å². The fourth-order valence-corrected chi connectivity index (χ4v) is 7.02. The highest BCUT2D eigenvalue weighted by Crippen LogP contribution is 2.34. The molecule has 4 aromatic rings. The molecule has 1 unspecified atom stereocenters. The number of para-hydroxylation sites is 1. The molecule has 0 bridgehead atoms. The highest BCUT2D eigenvalue weighted by molar-refractivity contribution is 7.89. The van der Waals surface area contributed by atoms with E-state index in [1.165, 1.54) is 34.9 Å². The molecule has 2 aromatic heterocycles. The second-order valence-corrected chi connectivity index (χ2v) is 11.3. The lowest BCUT2D eigenvalue weighted by atomic mass is 10.2. The molecule has 5 rings (SSSR count). The average Bonchev–Trinajstić information content (AvgIpc) is 3.63. The lowest BCUT2D eigenvalue weighted by molar-refractivity contribution is -0.121. The molecular formula is C25H25N3O5S2. The first kappa shape index (κ1) is 23.5. The van der Waals surface area contributed by atoms with Crippen molar-refractivity contribution in [2.24, 2.45) is 0 Å². The molecule has 0 N–H and O–H groups in total. The third-order valence-corrected chi connectivity index (χ3v) is 9.12. The van der Waals surface area contributed by atoms with Crippen LogP contribution in [0, 0.1) is 6.92 Å². The van der Waals surface area contributed by atoms with Crippen molar-refractivity contribution in [3.8, 4) is 5.75 Å². The van der Waals surface area contributed by atoms with Gasteiger partial charge in [-0.25, -0.2) is 13.4 Å². The number of fused-ring (bicyclic) bond motifs is 1. The van der Waals surface area contributed by atoms with Crippen LogP contribution in [0.2, 0.25) is 0 Å². The van der Waals surface area contributed by atoms with Crippen LogP contribution >= 0.6 is 11.3 Å². The van der Waals surface area contributed by atoms with Gasteiger partial charge < -0.3 is 9.15 Å². The Balaban J connectivity index is 1.50. The number of aryl methyl sites for hydroxylation is 1. The fourth-order valence-electron chi connectivity index (χ4n) is 4.33. The Morgan fingerprint density at radius 1 is 1.20 bits per heavy atom. The maximum atomic E-state index is 13.9. The Labute approximate surface area is 207 Å². The zero-order chi connectivity index (χ0) is 24.6. The van der Waals surface area contributed by atoms with Crippen molar-refractivity contribution in [3.63, 3.8) is 0 Å². The second-order valence-electron chi connectivity index (χ2n) is 8.37. The van der Waals surface area contributed by atoms with Crippen molar-refractivity contribution in [1.29, 1.82) is 0 Å². The largest absolute Gasteiger partial charge is 0.497 e. The number of hydrogen-bond acceptors (Lipinski definition) is 7. The van der Waals surface area contributed by atoms with Gasteiger partial charge >= 0.3 is 0 Å². The molecule has 8 nitrogen and oxygen atoms in total. The molecule has 1 atom stereocenters. The Morgan fingerprint density at radius 2 is 2.00 bits per heavy atom. The first-order chi connectivity index (χ1) is 16.9. The predicted molar refractivity (Wildman–Crippen MR) is 134 cm³/mol. The quantitative estimate of drug-likeness (QED) is 0.360. The molecular weight excluding hydrogens is 486 g/mol. The standard InChI is InChI=1S/C25H25N3O5S2/c1-17-6-3-9-22-23(17)26-25(34-22)27(16-19-7-5-15-33-19)24(29)21-8-4-14-28(21)35(30,31)20-12-10-18(32-2)11-13-20/h3,5-7,9-13,15,21H,4,8,14,16H2,1-2H3. The average molecular weight is 512 g/mol. The van der Waals surface area contributed by atoms with Gasteiger partial charge in [-0.15, -0.1) is 0 Å². The first-order valence-electron chi connectivity index (χ1n) is 11.2. The molecule has 35 heavy (non-hydrogen) atoms. The zero-order valence-electron chi connectivity index (χ0n) is 19.4. The third kappa shape index (κ3) is 4.44. The number of nitrogens with zero attached hydrogens (tertiary/aromatic N) is 3. The highest BCUT2D eigenvalue weighted by Gasteiger charge is 2.42. The van der Waals surface area contributed by atoms with Crippen LogP contribution in [0.5, 0.6) is 5.75 Å². The van der Waals surface area contributed by atoms with E-state index in [4.69, 9.17) is 14.1 Å². The van der Waals surface area contributed by atoms with E-state index in [1.807, 2.05) is 25.1 Å². The molecule has 1 amide bonds. The summed E-state index contributed by atoms with van der Waals surface area (Å²) in [6, 6.07) is 14.8. The summed E-state index contributed by atoms with van der Waals surface area (Å²) < 4.78 is 39.9. The van der Waals surface area contributed by atoms with Crippen LogP contribution < -0.4 is 9.64 Å². The monoisotopic (exact) mass is 511 g/mol. The van der Waals surface area contributed by atoms with E-state index in [0.717, 1.165) is 15.8 Å². The minimum atomic E-state index is -3.88. The number of sulfonamides is 1. The molecule has 0 aliphatic carbocycles. The number of rotatable bonds is 7. The summed E-state index contributed by atoms with van der Waals surface area (Å²) in [5.74, 6) is 0.846. The molecule has 2 aromatic carbocycles. The number of anilines is 1. The maximum absolute atomic E-state index is 13.9. The van der Waals surface area contributed by atoms with Gasteiger partial charge in [0, 0.05) is 6.54 Å². The summed E-state index contributed by atoms with van der Waals surface area (Å²) in [5.41, 5.74) is 1.85. The van der Waals surface area contributed by atoms with E-state index in [9.17, 15) is 13.2 Å². The molecule has 0 saturated carbocycles. The van der Waals surface area contributed by atoms with Gasteiger partial charge in [0.2, 0.25) is 15.9 Å². The van der Waals surface area contributed by atoms with Crippen molar-refractivity contribution in [3.05, 3.63) is 72.2 Å². The van der Waals surface area contributed by atoms with Gasteiger partial charge in [0.1, 0.15) is 17.6 Å². The van der Waals surface area contributed by atoms with Crippen LogP contribution in [0.25, 0.3) is 10.2 Å². The molecule has 10 heteroatoms. The van der Waals surface area contributed by atoms with Gasteiger partial charge in [-0.1, -0.05) is 23.5 Å². The summed E-state index contributed by atoms with van der Waals surface area (Å²) in [6.45, 7) is 2.42. The molecule has 0 spiro atoms. The van der Waals surface area contributed by atoms with Crippen LogP contribution in [-0.4, -0.2) is 43.3 Å². The van der Waals surface area contributed by atoms with E-state index in [1.54, 1.807) is 35.4 Å². The molecule has 1 aliphatic heterocycles. The van der Waals surface area contributed by atoms with Gasteiger partial charge in [-0.3, -0.25) is 9.69 Å². The summed E-state index contributed by atoms with van der Waals surface area (Å²) >= 11 is 1.41. The van der Waals surface area contributed by atoms with Crippen molar-refractivity contribution >= 4 is 42.6 Å². The molecule has 1 saturated heterocycles. The lowest BCUT2D eigenvalue weighted by Crippen LogP contribution is -2.47. The summed E-state index contributed by atoms with van der Waals surface area (Å²) in [7, 11) is -2.35. The number of thiazole rings is 1. The van der Waals surface area contributed by atoms with Crippen LogP contribution in [0.15, 0.2) is 70.2 Å². The number of benzene rings is 2. The number of aromatic nitrogens is 1. The van der Waals surface area contributed by atoms with Crippen molar-refractivity contribution in [1.82, 2.24) is 9.29 Å². The molecule has 1 fully saturated rings. The van der Waals surface area contributed by atoms with Crippen LogP contribution in [0.1, 0.15) is 24.2 Å². The molecule has 3 heterocycles. The third-order valence-electron chi connectivity index (χ3n) is 6.16. The number of methoxy groups -OCH3 is 1. The van der Waals surface area contributed by atoms with Gasteiger partial charge in [-0.2, -0.15) is 4.31 Å². The van der Waals surface area contributed by atoms with E-state index in [-0.39, 0.29) is 23.9 Å². The molecule has 182 valence electrons. The van der Waals surface area contributed by atoms with Gasteiger partial charge in [0.15, 0.2) is 5.13 Å². The Hall–Kier alpha value is -3.21. The SMILES string of the molecule is COc1ccc(S(=O)(=O)N2CCCC2C(=O)N(Cc2ccco2)c2nc3c(C)cccc3s2)cc1. The molecule has 1 aliphatic rings. The topological polar surface area (TPSA) is 93.0 Å². The normalized spacial score (nSPS) is 16.6. The summed E-state index contributed by atoms with van der Waals surface area (Å²) in [6.07, 6.45) is 2.59. The van der Waals surface area contributed by atoms with E-state index in [0.29, 0.717) is 29.5 Å². The van der Waals surface area contributed by atoms with E-state index < -0.39 is 16.1 Å². The smallest absolute Gasteiger partial charge is 0.247 e. The lowest BCUT2D eigenvalue weighted by Gasteiger charge is -2.28. The number of furan rings is 1. The predicted octanol–water partition coefficient (Wildman–Crippen LogP) is 4.59. The van der Waals surface area contributed by atoms with Crippen LogP contribution in [0.3, 0.4) is 0 Å². The number of hydrogen-bond donors (Lipinski definition) is 0. The van der Waals surface area contributed by atoms with E-state index in [2.05, 4.69) is 0 Å². The Bertz CT molecular complexity index is 1450. The van der Waals surface area contributed by atoms with Gasteiger partial charge in [0.25, 0.3) is 0 Å². The minimum absolute atomic E-state index is 0.131. The number of amides is 1. The second kappa shape index (κ2) is 9.44. The van der Waals surface area contributed by atoms with Gasteiger partial charge in [0.05, 0.1) is 35.0 Å². The number of carbonyl (C=O) groups is 1. The summed E-state index contributed by atoms with van der Waals surface area (Å²) in [5, 5.41) is 0.518. The highest BCUT2D eigenvalue weighted by atomic mass is 32.2. The van der Waals surface area contributed by atoms with Crippen molar-refractivity contribution < 1.29 is 22.4 Å². The number of ether oxygens (including phenoxy) is 1. The number of carbonyl (C=O) groups excluding carboxylic acids is 1. The Morgan fingerprint density at radius 3 is 2.69 bits per heavy atom.